The largest absolute Gasteiger partial charge is 1.00 e. The molecule has 28 heteroatoms. The molecule has 0 bridgehead atoms. The molecule has 0 amide bonds. The molecule has 0 unspecified atom stereocenters. The summed E-state index contributed by atoms with van der Waals surface area (Å²) in [5, 5.41) is 0. The third kappa shape index (κ3) is 93.4. The van der Waals surface area contributed by atoms with Crippen molar-refractivity contribution in [3.8, 4) is 0 Å². The summed E-state index contributed by atoms with van der Waals surface area (Å²) in [5.41, 5.74) is 0. The van der Waals surface area contributed by atoms with Gasteiger partial charge in [0.25, 0.3) is 0 Å². The Labute approximate surface area is 348 Å². The van der Waals surface area contributed by atoms with Gasteiger partial charge in [-0.15, -0.1) is 20.5 Å². The van der Waals surface area contributed by atoms with E-state index in [9.17, 15) is 0 Å². The van der Waals surface area contributed by atoms with E-state index in [0.29, 0.717) is 159 Å². The molecule has 52 heavy (non-hydrogen) atoms. The van der Waals surface area contributed by atoms with Crippen LogP contribution < -0.4 is 37.3 Å². The van der Waals surface area contributed by atoms with Crippen LogP contribution in [0.3, 0.4) is 0 Å². The SMILES string of the molecule is C1COCCOCCOCCOCCOCCO1.C1COCCOCCOCCOCCOCCO1.O.O.[Hg+].[Hg+].[O-][Cl+3]([O-])([O-])[O-].[O-][Cl+3]([O-])([O-])[O-].[OH3+].[OH3+]. The van der Waals surface area contributed by atoms with Gasteiger partial charge in [0.1, 0.15) is 0 Å². The number of hydrogen-bond donors (Lipinski definition) is 0. The summed E-state index contributed by atoms with van der Waals surface area (Å²) >= 11 is 0. The Kier molecular flexibility index (Phi) is 77.8. The van der Waals surface area contributed by atoms with E-state index < -0.39 is 20.5 Å². The van der Waals surface area contributed by atoms with E-state index >= 15 is 0 Å². The third-order valence-electron chi connectivity index (χ3n) is 4.46. The first-order valence-electron chi connectivity index (χ1n) is 14.2. The van der Waals surface area contributed by atoms with E-state index in [1.54, 1.807) is 0 Å². The van der Waals surface area contributed by atoms with Crippen molar-refractivity contribution in [3.63, 3.8) is 0 Å². The average molecular weight is 1200 g/mol. The molecule has 10 N–H and O–H groups in total. The van der Waals surface area contributed by atoms with Crippen LogP contribution in [-0.2, 0) is 123 Å². The molecule has 2 radical (unpaired) electrons. The van der Waals surface area contributed by atoms with Crippen LogP contribution in [0.2, 0.25) is 0 Å². The molecular weight excluding hydrogens is 1140 g/mol. The molecule has 0 aliphatic carbocycles. The zero-order chi connectivity index (χ0) is 34.5. The molecule has 2 fully saturated rings. The summed E-state index contributed by atoms with van der Waals surface area (Å²) in [5.74, 6) is 0. The molecule has 0 aromatic rings. The Bertz CT molecular complexity index is 379. The monoisotopic (exact) mass is 1200 g/mol. The van der Waals surface area contributed by atoms with Gasteiger partial charge < -0.3 is 78.7 Å². The van der Waals surface area contributed by atoms with Crippen molar-refractivity contribution in [1.29, 1.82) is 0 Å². The van der Waals surface area contributed by atoms with Crippen molar-refractivity contribution in [2.24, 2.45) is 0 Å². The standard InChI is InChI=1S/2C12H24O6.2ClHO4.2Hg.4H2O/c2*1-2-14-5-6-16-9-10-18-12-11-17-8-7-15-4-3-13-1;2*2-1(3,4)5;;;;;;/h2*1-12H2;2*(H,2,3,4,5);;;4*1H2/q;;;;2*+1;;;;. The smallest absolute Gasteiger partial charge is 0.457 e. The maximum atomic E-state index is 8.49. The van der Waals surface area contributed by atoms with Crippen molar-refractivity contribution in [2.45, 2.75) is 0 Å². The van der Waals surface area contributed by atoms with E-state index in [1.807, 2.05) is 0 Å². The number of halogens is 2. The van der Waals surface area contributed by atoms with Gasteiger partial charge in [-0.25, -0.2) is 37.3 Å². The normalized spacial score (nSPS) is 18.9. The van der Waals surface area contributed by atoms with Crippen LogP contribution in [0, 0.1) is 20.5 Å². The molecule has 2 heterocycles. The van der Waals surface area contributed by atoms with Gasteiger partial charge in [-0.3, -0.25) is 0 Å². The fraction of sp³-hybridized carbons (Fsp3) is 1.00. The van der Waals surface area contributed by atoms with Crippen molar-refractivity contribution >= 4 is 0 Å². The Morgan fingerprint density at radius 2 is 0.250 bits per heavy atom. The van der Waals surface area contributed by atoms with Crippen LogP contribution in [0.15, 0.2) is 0 Å². The molecule has 0 atom stereocenters. The minimum Gasteiger partial charge on any atom is -0.457 e. The summed E-state index contributed by atoms with van der Waals surface area (Å²) in [6.07, 6.45) is 0. The van der Waals surface area contributed by atoms with Crippen molar-refractivity contribution in [2.75, 3.05) is 159 Å². The molecule has 0 aromatic carbocycles. The third-order valence-corrected chi connectivity index (χ3v) is 4.46. The summed E-state index contributed by atoms with van der Waals surface area (Å²) in [4.78, 5) is 0. The first-order chi connectivity index (χ1) is 22.0. The van der Waals surface area contributed by atoms with Gasteiger partial charge in [0.2, 0.25) is 0 Å². The van der Waals surface area contributed by atoms with Gasteiger partial charge >= 0.3 is 55.3 Å². The zero-order valence-electron chi connectivity index (χ0n) is 29.5. The van der Waals surface area contributed by atoms with Crippen LogP contribution in [-0.4, -0.2) is 170 Å². The van der Waals surface area contributed by atoms with Crippen molar-refractivity contribution in [1.82, 2.24) is 0 Å². The van der Waals surface area contributed by atoms with Crippen LogP contribution >= 0.6 is 0 Å². The fourth-order valence-electron chi connectivity index (χ4n) is 2.64. The zero-order valence-corrected chi connectivity index (χ0v) is 42.0. The van der Waals surface area contributed by atoms with E-state index in [0.717, 1.165) is 0 Å². The first-order valence-corrected chi connectivity index (χ1v) is 16.6. The predicted molar refractivity (Wildman–Crippen MR) is 147 cm³/mol. The minimum absolute atomic E-state index is 0. The number of hydrogen-bond acceptors (Lipinski definition) is 20. The van der Waals surface area contributed by atoms with Gasteiger partial charge in [-0.05, 0) is 0 Å². The number of rotatable bonds is 0. The Hall–Kier alpha value is 1.49. The quantitative estimate of drug-likeness (QED) is 0.160. The Morgan fingerprint density at radius 1 is 0.212 bits per heavy atom. The van der Waals surface area contributed by atoms with Crippen LogP contribution in [0.25, 0.3) is 0 Å². The topological polar surface area (TPSA) is 424 Å². The van der Waals surface area contributed by atoms with Crippen molar-refractivity contribution < 1.29 is 192 Å². The molecular formula is C24H58Cl2Hg2O24+2. The summed E-state index contributed by atoms with van der Waals surface area (Å²) in [6, 6.07) is 0. The van der Waals surface area contributed by atoms with E-state index in [-0.39, 0.29) is 77.2 Å². The molecule has 2 rings (SSSR count). The second-order valence-corrected chi connectivity index (χ2v) is 9.62. The van der Waals surface area contributed by atoms with E-state index in [4.69, 9.17) is 94.1 Å². The number of ether oxygens (including phenoxy) is 12. The molecule has 2 aliphatic rings. The maximum Gasteiger partial charge on any atom is 1.00 e. The molecule has 2 aliphatic heterocycles. The predicted octanol–water partition coefficient (Wildman–Crippen LogP) is -12.8. The minimum atomic E-state index is -4.94. The summed E-state index contributed by atoms with van der Waals surface area (Å²) in [7, 11) is -9.89. The van der Waals surface area contributed by atoms with Gasteiger partial charge in [0.15, 0.2) is 0 Å². The summed E-state index contributed by atoms with van der Waals surface area (Å²) < 4.78 is 132. The van der Waals surface area contributed by atoms with Gasteiger partial charge in [0, 0.05) is 0 Å². The Balaban J connectivity index is -0.0000000901. The van der Waals surface area contributed by atoms with Gasteiger partial charge in [-0.2, -0.15) is 0 Å². The molecule has 0 saturated carbocycles. The van der Waals surface area contributed by atoms with Gasteiger partial charge in [0.05, 0.1) is 159 Å². The van der Waals surface area contributed by atoms with Crippen LogP contribution in [0.1, 0.15) is 0 Å². The summed E-state index contributed by atoms with van der Waals surface area (Å²) in [6.45, 7) is 14.1. The van der Waals surface area contributed by atoms with Crippen LogP contribution in [0.4, 0.5) is 0 Å². The first kappa shape index (κ1) is 71.2. The molecule has 24 nitrogen and oxygen atoms in total. The fourth-order valence-corrected chi connectivity index (χ4v) is 2.64. The second kappa shape index (κ2) is 56.8. The maximum absolute atomic E-state index is 8.49. The van der Waals surface area contributed by atoms with Crippen molar-refractivity contribution in [3.05, 3.63) is 0 Å². The van der Waals surface area contributed by atoms with E-state index in [2.05, 4.69) is 0 Å². The Morgan fingerprint density at radius 3 is 0.288 bits per heavy atom. The molecule has 0 spiro atoms. The molecule has 314 valence electrons. The average Bonchev–Trinajstić information content (AvgIpc) is 2.96. The van der Waals surface area contributed by atoms with E-state index in [1.165, 1.54) is 0 Å². The van der Waals surface area contributed by atoms with Crippen LogP contribution in [0.5, 0.6) is 0 Å². The second-order valence-electron chi connectivity index (χ2n) is 8.10. The molecule has 0 aromatic heterocycles. The molecule has 2 saturated heterocycles. The van der Waals surface area contributed by atoms with Gasteiger partial charge in [-0.1, -0.05) is 0 Å².